The number of ether oxygens (including phenoxy) is 1. The average molecular weight is 537 g/mol. The maximum atomic E-state index is 12.4. The number of sulfonamides is 1. The van der Waals surface area contributed by atoms with Gasteiger partial charge in [0.05, 0.1) is 24.2 Å². The third-order valence-corrected chi connectivity index (χ3v) is 6.76. The number of hydrazone groups is 1. The van der Waals surface area contributed by atoms with Crippen LogP contribution in [0.4, 0.5) is 5.69 Å². The van der Waals surface area contributed by atoms with E-state index in [1.165, 1.54) is 6.21 Å². The Balaban J connectivity index is 1.50. The molecule has 1 atom stereocenters. The van der Waals surface area contributed by atoms with E-state index in [0.717, 1.165) is 27.3 Å². The minimum absolute atomic E-state index is 0.127. The number of benzene rings is 3. The summed E-state index contributed by atoms with van der Waals surface area (Å²) in [5.74, 6) is -0.313. The fourth-order valence-electron chi connectivity index (χ4n) is 3.72. The van der Waals surface area contributed by atoms with E-state index in [-0.39, 0.29) is 18.6 Å². The van der Waals surface area contributed by atoms with Gasteiger partial charge in [0.2, 0.25) is 10.0 Å². The molecule has 10 heteroatoms. The van der Waals surface area contributed by atoms with E-state index >= 15 is 0 Å². The summed E-state index contributed by atoms with van der Waals surface area (Å²) < 4.78 is 31.2. The van der Waals surface area contributed by atoms with E-state index in [0.29, 0.717) is 17.0 Å². The van der Waals surface area contributed by atoms with Crippen molar-refractivity contribution in [2.45, 2.75) is 26.8 Å². The third-order valence-electron chi connectivity index (χ3n) is 5.64. The SMILES string of the molecule is Cc1ccc(N(CC(=O)N/N=C\c2ccc(OCC(=O)N[C@H](C)c3ccccc3)cc2)S(C)(=O)=O)c(C)c1. The van der Waals surface area contributed by atoms with Gasteiger partial charge < -0.3 is 10.1 Å². The van der Waals surface area contributed by atoms with Crippen LogP contribution in [0.15, 0.2) is 77.9 Å². The molecular formula is C28H32N4O5S. The molecule has 3 aromatic carbocycles. The van der Waals surface area contributed by atoms with Gasteiger partial charge >= 0.3 is 0 Å². The smallest absolute Gasteiger partial charge is 0.260 e. The van der Waals surface area contributed by atoms with Gasteiger partial charge in [0.25, 0.3) is 11.8 Å². The number of nitrogens with zero attached hydrogens (tertiary/aromatic N) is 2. The van der Waals surface area contributed by atoms with E-state index in [4.69, 9.17) is 4.74 Å². The van der Waals surface area contributed by atoms with Gasteiger partial charge in [-0.1, -0.05) is 48.0 Å². The van der Waals surface area contributed by atoms with Gasteiger partial charge in [-0.15, -0.1) is 0 Å². The monoisotopic (exact) mass is 536 g/mol. The van der Waals surface area contributed by atoms with Gasteiger partial charge in [0, 0.05) is 0 Å². The molecule has 0 radical (unpaired) electrons. The Morgan fingerprint density at radius 2 is 1.68 bits per heavy atom. The highest BCUT2D eigenvalue weighted by Crippen LogP contribution is 2.23. The Labute approximate surface area is 223 Å². The lowest BCUT2D eigenvalue weighted by molar-refractivity contribution is -0.123. The van der Waals surface area contributed by atoms with Crippen molar-refractivity contribution >= 4 is 33.7 Å². The Morgan fingerprint density at radius 3 is 2.32 bits per heavy atom. The predicted molar refractivity (Wildman–Crippen MR) is 149 cm³/mol. The van der Waals surface area contributed by atoms with Crippen LogP contribution in [0.5, 0.6) is 5.75 Å². The molecular weight excluding hydrogens is 504 g/mol. The third kappa shape index (κ3) is 8.45. The molecule has 3 aromatic rings. The second-order valence-corrected chi connectivity index (χ2v) is 10.8. The zero-order valence-corrected chi connectivity index (χ0v) is 22.7. The summed E-state index contributed by atoms with van der Waals surface area (Å²) in [6, 6.07) is 21.6. The first-order valence-corrected chi connectivity index (χ1v) is 13.8. The molecule has 0 aliphatic carbocycles. The van der Waals surface area contributed by atoms with E-state index < -0.39 is 22.5 Å². The fraction of sp³-hybridized carbons (Fsp3) is 0.250. The Kier molecular flexibility index (Phi) is 9.61. The first-order chi connectivity index (χ1) is 18.0. The van der Waals surface area contributed by atoms with Crippen LogP contribution in [0.1, 0.15) is 35.2 Å². The molecule has 0 fully saturated rings. The van der Waals surface area contributed by atoms with Crippen LogP contribution in [0.25, 0.3) is 0 Å². The van der Waals surface area contributed by atoms with Crippen LogP contribution >= 0.6 is 0 Å². The fourth-order valence-corrected chi connectivity index (χ4v) is 4.63. The summed E-state index contributed by atoms with van der Waals surface area (Å²) >= 11 is 0. The lowest BCUT2D eigenvalue weighted by atomic mass is 10.1. The minimum atomic E-state index is -3.68. The van der Waals surface area contributed by atoms with Crippen LogP contribution < -0.4 is 19.8 Å². The molecule has 3 rings (SSSR count). The van der Waals surface area contributed by atoms with Gasteiger partial charge in [-0.3, -0.25) is 13.9 Å². The molecule has 0 saturated heterocycles. The second-order valence-electron chi connectivity index (χ2n) is 8.91. The average Bonchev–Trinajstić information content (AvgIpc) is 2.87. The topological polar surface area (TPSA) is 117 Å². The van der Waals surface area contributed by atoms with Crippen LogP contribution in [0, 0.1) is 13.8 Å². The molecule has 2 amide bonds. The highest BCUT2D eigenvalue weighted by molar-refractivity contribution is 7.92. The first-order valence-electron chi connectivity index (χ1n) is 12.0. The van der Waals surface area contributed by atoms with E-state index in [1.54, 1.807) is 43.3 Å². The molecule has 0 aliphatic heterocycles. The maximum Gasteiger partial charge on any atom is 0.260 e. The number of carbonyl (C=O) groups excluding carboxylic acids is 2. The quantitative estimate of drug-likeness (QED) is 0.288. The van der Waals surface area contributed by atoms with Gasteiger partial charge in [0.15, 0.2) is 6.61 Å². The maximum absolute atomic E-state index is 12.4. The Bertz CT molecular complexity index is 1390. The van der Waals surface area contributed by atoms with E-state index in [1.807, 2.05) is 50.2 Å². The number of aryl methyl sites for hydroxylation is 2. The van der Waals surface area contributed by atoms with Crippen molar-refractivity contribution in [3.8, 4) is 5.75 Å². The lowest BCUT2D eigenvalue weighted by Crippen LogP contribution is -2.39. The van der Waals surface area contributed by atoms with Gasteiger partial charge in [-0.05, 0) is 67.8 Å². The zero-order valence-electron chi connectivity index (χ0n) is 21.8. The Hall–Kier alpha value is -4.18. The first kappa shape index (κ1) is 28.4. The highest BCUT2D eigenvalue weighted by Gasteiger charge is 2.22. The van der Waals surface area contributed by atoms with Crippen molar-refractivity contribution in [2.24, 2.45) is 5.10 Å². The summed E-state index contributed by atoms with van der Waals surface area (Å²) in [4.78, 5) is 24.6. The number of carbonyl (C=O) groups is 2. The molecule has 0 saturated carbocycles. The number of hydrogen-bond donors (Lipinski definition) is 2. The largest absolute Gasteiger partial charge is 0.484 e. The molecule has 0 spiro atoms. The van der Waals surface area contributed by atoms with Gasteiger partial charge in [-0.25, -0.2) is 13.8 Å². The van der Waals surface area contributed by atoms with E-state index in [2.05, 4.69) is 15.8 Å². The summed E-state index contributed by atoms with van der Waals surface area (Å²) in [6.45, 7) is 5.08. The van der Waals surface area contributed by atoms with Crippen LogP contribution in [-0.4, -0.2) is 45.9 Å². The molecule has 0 heterocycles. The predicted octanol–water partition coefficient (Wildman–Crippen LogP) is 3.48. The molecule has 200 valence electrons. The molecule has 2 N–H and O–H groups in total. The van der Waals surface area contributed by atoms with Crippen molar-refractivity contribution in [2.75, 3.05) is 23.7 Å². The molecule has 9 nitrogen and oxygen atoms in total. The lowest BCUT2D eigenvalue weighted by Gasteiger charge is -2.23. The Morgan fingerprint density at radius 1 is 1.00 bits per heavy atom. The summed E-state index contributed by atoms with van der Waals surface area (Å²) in [6.07, 6.45) is 2.48. The number of anilines is 1. The molecule has 0 aromatic heterocycles. The zero-order chi connectivity index (χ0) is 27.7. The van der Waals surface area contributed by atoms with Crippen molar-refractivity contribution in [3.05, 3.63) is 95.1 Å². The molecule has 0 bridgehead atoms. The molecule has 0 aliphatic rings. The number of amides is 2. The van der Waals surface area contributed by atoms with Crippen molar-refractivity contribution in [3.63, 3.8) is 0 Å². The molecule has 38 heavy (non-hydrogen) atoms. The van der Waals surface area contributed by atoms with Gasteiger partial charge in [-0.2, -0.15) is 5.10 Å². The standard InChI is InChI=1S/C28H32N4O5S/c1-20-10-15-26(21(2)16-20)32(38(4,35)36)18-27(33)31-29-17-23-11-13-25(14-12-23)37-19-28(34)30-22(3)24-8-6-5-7-9-24/h5-17,22H,18-19H2,1-4H3,(H,30,34)(H,31,33)/b29-17-/t22-/m1/s1. The van der Waals surface area contributed by atoms with Gasteiger partial charge in [0.1, 0.15) is 12.3 Å². The number of rotatable bonds is 11. The van der Waals surface area contributed by atoms with Crippen LogP contribution in [0.2, 0.25) is 0 Å². The summed E-state index contributed by atoms with van der Waals surface area (Å²) in [5, 5.41) is 6.81. The van der Waals surface area contributed by atoms with Crippen molar-refractivity contribution < 1.29 is 22.7 Å². The second kappa shape index (κ2) is 12.9. The highest BCUT2D eigenvalue weighted by atomic mass is 32.2. The minimum Gasteiger partial charge on any atom is -0.484 e. The van der Waals surface area contributed by atoms with E-state index in [9.17, 15) is 18.0 Å². The molecule has 0 unspecified atom stereocenters. The van der Waals surface area contributed by atoms with Crippen LogP contribution in [0.3, 0.4) is 0 Å². The van der Waals surface area contributed by atoms with Crippen LogP contribution in [-0.2, 0) is 19.6 Å². The number of hydrogen-bond acceptors (Lipinski definition) is 6. The summed E-state index contributed by atoms with van der Waals surface area (Å²) in [5.41, 5.74) is 6.22. The van der Waals surface area contributed by atoms with Crippen molar-refractivity contribution in [1.29, 1.82) is 0 Å². The van der Waals surface area contributed by atoms with Crippen molar-refractivity contribution in [1.82, 2.24) is 10.7 Å². The summed E-state index contributed by atoms with van der Waals surface area (Å²) in [7, 11) is -3.68. The normalized spacial score (nSPS) is 12.1. The number of nitrogens with one attached hydrogen (secondary N) is 2.